The Bertz CT molecular complexity index is 823. The zero-order chi connectivity index (χ0) is 17.7. The summed E-state index contributed by atoms with van der Waals surface area (Å²) in [5.41, 5.74) is 1.24. The number of primary sulfonamides is 1. The number of carbonyl (C=O) groups is 1. The summed E-state index contributed by atoms with van der Waals surface area (Å²) >= 11 is 3.29. The largest absolute Gasteiger partial charge is 0.345 e. The van der Waals surface area contributed by atoms with E-state index < -0.39 is 10.0 Å². The maximum atomic E-state index is 12.6. The summed E-state index contributed by atoms with van der Waals surface area (Å²) in [5, 5.41) is 8.11. The van der Waals surface area contributed by atoms with Gasteiger partial charge in [-0.3, -0.25) is 4.79 Å². The lowest BCUT2D eigenvalue weighted by atomic mass is 10.0. The van der Waals surface area contributed by atoms with Gasteiger partial charge in [0.1, 0.15) is 0 Å². The molecular formula is C17H19BrN2O3S. The third kappa shape index (κ3) is 4.66. The number of sulfonamides is 1. The Balaban J connectivity index is 2.31. The number of hydrogen-bond donors (Lipinski definition) is 2. The average Bonchev–Trinajstić information content (AvgIpc) is 2.54. The minimum Gasteiger partial charge on any atom is -0.345 e. The second kappa shape index (κ2) is 7.92. The van der Waals surface area contributed by atoms with Gasteiger partial charge in [-0.1, -0.05) is 43.7 Å². The highest BCUT2D eigenvalue weighted by Crippen LogP contribution is 2.23. The maximum absolute atomic E-state index is 12.6. The molecule has 2 rings (SSSR count). The van der Waals surface area contributed by atoms with Gasteiger partial charge in [-0.2, -0.15) is 0 Å². The van der Waals surface area contributed by atoms with Crippen LogP contribution < -0.4 is 10.5 Å². The monoisotopic (exact) mass is 410 g/mol. The minimum absolute atomic E-state index is 0.0948. The van der Waals surface area contributed by atoms with Crippen LogP contribution in [0.5, 0.6) is 0 Å². The van der Waals surface area contributed by atoms with E-state index in [9.17, 15) is 13.2 Å². The van der Waals surface area contributed by atoms with E-state index in [0.29, 0.717) is 4.47 Å². The number of benzene rings is 2. The first-order chi connectivity index (χ1) is 11.3. The first kappa shape index (κ1) is 18.6. The van der Waals surface area contributed by atoms with Crippen molar-refractivity contribution in [1.82, 2.24) is 5.32 Å². The van der Waals surface area contributed by atoms with Crippen LogP contribution in [0.4, 0.5) is 0 Å². The van der Waals surface area contributed by atoms with E-state index in [4.69, 9.17) is 5.14 Å². The second-order valence-corrected chi connectivity index (χ2v) is 7.83. The number of halogens is 1. The topological polar surface area (TPSA) is 89.3 Å². The Morgan fingerprint density at radius 2 is 1.88 bits per heavy atom. The van der Waals surface area contributed by atoms with Crippen LogP contribution in [0, 0.1) is 0 Å². The van der Waals surface area contributed by atoms with Crippen molar-refractivity contribution in [3.8, 4) is 0 Å². The van der Waals surface area contributed by atoms with Gasteiger partial charge >= 0.3 is 0 Å². The second-order valence-electron chi connectivity index (χ2n) is 5.41. The highest BCUT2D eigenvalue weighted by molar-refractivity contribution is 9.10. The minimum atomic E-state index is -3.87. The van der Waals surface area contributed by atoms with Crippen LogP contribution in [0.2, 0.25) is 0 Å². The quantitative estimate of drug-likeness (QED) is 0.764. The fourth-order valence-electron chi connectivity index (χ4n) is 2.39. The van der Waals surface area contributed by atoms with Crippen molar-refractivity contribution in [2.75, 3.05) is 0 Å². The van der Waals surface area contributed by atoms with E-state index in [1.54, 1.807) is 0 Å². The lowest BCUT2D eigenvalue weighted by Gasteiger charge is -2.19. The predicted molar refractivity (Wildman–Crippen MR) is 97.1 cm³/mol. The van der Waals surface area contributed by atoms with E-state index in [-0.39, 0.29) is 22.4 Å². The summed E-state index contributed by atoms with van der Waals surface area (Å²) in [6, 6.07) is 13.7. The molecule has 7 heteroatoms. The lowest BCUT2D eigenvalue weighted by molar-refractivity contribution is 0.0933. The van der Waals surface area contributed by atoms with Crippen LogP contribution in [0.15, 0.2) is 57.9 Å². The number of hydrogen-bond acceptors (Lipinski definition) is 3. The van der Waals surface area contributed by atoms with E-state index in [1.165, 1.54) is 18.2 Å². The van der Waals surface area contributed by atoms with Gasteiger partial charge in [0.2, 0.25) is 10.0 Å². The molecule has 1 atom stereocenters. The van der Waals surface area contributed by atoms with Gasteiger partial charge < -0.3 is 5.32 Å². The standard InChI is InChI=1S/C17H19BrN2O3S/c1-2-6-16(12-7-4-3-5-8-12)20-17(21)14-11-13(24(19,22)23)9-10-15(14)18/h3-5,7-11,16H,2,6H2,1H3,(H,20,21)(H2,19,22,23)/t16-/m0/s1. The predicted octanol–water partition coefficient (Wildman–Crippen LogP) is 3.37. The van der Waals surface area contributed by atoms with Crippen LogP contribution in [0.1, 0.15) is 41.7 Å². The number of amides is 1. The Hall–Kier alpha value is -1.70. The van der Waals surface area contributed by atoms with Gasteiger partial charge in [-0.25, -0.2) is 13.6 Å². The van der Waals surface area contributed by atoms with Crippen molar-refractivity contribution in [2.45, 2.75) is 30.7 Å². The third-order valence-electron chi connectivity index (χ3n) is 3.60. The highest BCUT2D eigenvalue weighted by atomic mass is 79.9. The van der Waals surface area contributed by atoms with Crippen molar-refractivity contribution in [3.63, 3.8) is 0 Å². The smallest absolute Gasteiger partial charge is 0.252 e. The Kier molecular flexibility index (Phi) is 6.15. The van der Waals surface area contributed by atoms with Gasteiger partial charge in [0.15, 0.2) is 0 Å². The Morgan fingerprint density at radius 3 is 2.46 bits per heavy atom. The summed E-state index contributed by atoms with van der Waals surface area (Å²) in [7, 11) is -3.87. The number of rotatable bonds is 6. The summed E-state index contributed by atoms with van der Waals surface area (Å²) in [4.78, 5) is 12.5. The zero-order valence-electron chi connectivity index (χ0n) is 13.2. The molecule has 0 aliphatic heterocycles. The molecule has 0 aliphatic rings. The molecule has 0 aromatic heterocycles. The first-order valence-corrected chi connectivity index (χ1v) is 9.85. The summed E-state index contributed by atoms with van der Waals surface area (Å²) in [6.45, 7) is 2.04. The molecule has 0 aliphatic carbocycles. The fourth-order valence-corrected chi connectivity index (χ4v) is 3.35. The van der Waals surface area contributed by atoms with Crippen LogP contribution in [0.25, 0.3) is 0 Å². The van der Waals surface area contributed by atoms with Gasteiger partial charge in [-0.05, 0) is 46.1 Å². The lowest BCUT2D eigenvalue weighted by Crippen LogP contribution is -2.29. The third-order valence-corrected chi connectivity index (χ3v) is 5.20. The van der Waals surface area contributed by atoms with E-state index >= 15 is 0 Å². The van der Waals surface area contributed by atoms with Crippen molar-refractivity contribution in [1.29, 1.82) is 0 Å². The normalized spacial score (nSPS) is 12.6. The Labute approximate surface area is 150 Å². The van der Waals surface area contributed by atoms with Crippen LogP contribution in [-0.4, -0.2) is 14.3 Å². The molecule has 0 saturated carbocycles. The number of nitrogens with two attached hydrogens (primary N) is 1. The molecule has 0 saturated heterocycles. The van der Waals surface area contributed by atoms with E-state index in [1.807, 2.05) is 37.3 Å². The molecule has 0 bridgehead atoms. The molecule has 24 heavy (non-hydrogen) atoms. The van der Waals surface area contributed by atoms with Crippen molar-refractivity contribution in [2.24, 2.45) is 5.14 Å². The average molecular weight is 411 g/mol. The van der Waals surface area contributed by atoms with E-state index in [2.05, 4.69) is 21.2 Å². The SMILES string of the molecule is CCC[C@H](NC(=O)c1cc(S(N)(=O)=O)ccc1Br)c1ccccc1. The molecule has 0 fully saturated rings. The maximum Gasteiger partial charge on any atom is 0.252 e. The molecule has 0 unspecified atom stereocenters. The summed E-state index contributed by atoms with van der Waals surface area (Å²) in [6.07, 6.45) is 1.68. The molecule has 1 amide bonds. The molecule has 2 aromatic rings. The van der Waals surface area contributed by atoms with Crippen LogP contribution in [-0.2, 0) is 10.0 Å². The highest BCUT2D eigenvalue weighted by Gasteiger charge is 2.19. The first-order valence-electron chi connectivity index (χ1n) is 7.51. The Morgan fingerprint density at radius 1 is 1.21 bits per heavy atom. The fraction of sp³-hybridized carbons (Fsp3) is 0.235. The molecule has 0 heterocycles. The molecular weight excluding hydrogens is 392 g/mol. The zero-order valence-corrected chi connectivity index (χ0v) is 15.6. The number of nitrogens with one attached hydrogen (secondary N) is 1. The van der Waals surface area contributed by atoms with Crippen molar-refractivity contribution >= 4 is 31.9 Å². The van der Waals surface area contributed by atoms with Gasteiger partial charge in [0.05, 0.1) is 16.5 Å². The molecule has 3 N–H and O–H groups in total. The van der Waals surface area contributed by atoms with Gasteiger partial charge in [0, 0.05) is 4.47 Å². The summed E-state index contributed by atoms with van der Waals surface area (Å²) < 4.78 is 23.5. The van der Waals surface area contributed by atoms with Gasteiger partial charge in [0.25, 0.3) is 5.91 Å². The summed E-state index contributed by atoms with van der Waals surface area (Å²) in [5.74, 6) is -0.352. The van der Waals surface area contributed by atoms with Crippen molar-refractivity contribution in [3.05, 3.63) is 64.1 Å². The van der Waals surface area contributed by atoms with Crippen LogP contribution >= 0.6 is 15.9 Å². The molecule has 5 nitrogen and oxygen atoms in total. The molecule has 2 aromatic carbocycles. The molecule has 0 radical (unpaired) electrons. The molecule has 0 spiro atoms. The van der Waals surface area contributed by atoms with Gasteiger partial charge in [-0.15, -0.1) is 0 Å². The number of carbonyl (C=O) groups excluding carboxylic acids is 1. The van der Waals surface area contributed by atoms with E-state index in [0.717, 1.165) is 18.4 Å². The molecule has 128 valence electrons. The van der Waals surface area contributed by atoms with Crippen molar-refractivity contribution < 1.29 is 13.2 Å². The van der Waals surface area contributed by atoms with Crippen LogP contribution in [0.3, 0.4) is 0 Å².